The molecule has 0 heterocycles. The molecule has 0 aliphatic rings. The topological polar surface area (TPSA) is 104 Å². The number of carbonyl (C=O) groups is 1. The molecule has 0 saturated carbocycles. The van der Waals surface area contributed by atoms with Gasteiger partial charge in [0.1, 0.15) is 0 Å². The lowest BCUT2D eigenvalue weighted by molar-refractivity contribution is -0.122. The van der Waals surface area contributed by atoms with E-state index in [0.717, 1.165) is 38.5 Å². The van der Waals surface area contributed by atoms with Gasteiger partial charge in [-0.2, -0.15) is 8.42 Å². The molecule has 2 atom stereocenters. The first kappa shape index (κ1) is 44.1. The Labute approximate surface area is 280 Å². The van der Waals surface area contributed by atoms with Crippen molar-refractivity contribution in [3.05, 3.63) is 12.2 Å². The molecule has 0 aliphatic heterocycles. The molecular weight excluding hydrogens is 582 g/mol. The van der Waals surface area contributed by atoms with Crippen molar-refractivity contribution in [3.63, 3.8) is 0 Å². The Hall–Kier alpha value is -0.920. The fourth-order valence-corrected chi connectivity index (χ4v) is 6.77. The summed E-state index contributed by atoms with van der Waals surface area (Å²) in [4.78, 5) is 12.4. The van der Waals surface area contributed by atoms with E-state index in [-0.39, 0.29) is 5.91 Å². The van der Waals surface area contributed by atoms with Crippen molar-refractivity contribution in [1.29, 1.82) is 0 Å². The van der Waals surface area contributed by atoms with Gasteiger partial charge in [0, 0.05) is 6.42 Å². The van der Waals surface area contributed by atoms with E-state index in [0.29, 0.717) is 6.42 Å². The second kappa shape index (κ2) is 33.0. The third-order valence-corrected chi connectivity index (χ3v) is 9.74. The standard InChI is InChI=1S/C38H75NO5S/c1-3-5-7-9-11-13-14-15-16-17-18-19-20-21-22-23-24-26-28-30-32-34-38(41)39-36(35-45(42,43)44)37(40)33-31-29-27-25-12-10-8-6-4-2/h31,33,36-37,40H,3-30,32,34-35H2,1-2H3,(H,39,41)(H,42,43,44)/b33-31+. The predicted molar refractivity (Wildman–Crippen MR) is 193 cm³/mol. The Kier molecular flexibility index (Phi) is 32.3. The number of allylic oxidation sites excluding steroid dienone is 1. The van der Waals surface area contributed by atoms with Gasteiger partial charge in [0.2, 0.25) is 5.91 Å². The Morgan fingerprint density at radius 2 is 0.911 bits per heavy atom. The molecule has 1 amide bonds. The monoisotopic (exact) mass is 658 g/mol. The van der Waals surface area contributed by atoms with E-state index >= 15 is 0 Å². The Bertz CT molecular complexity index is 770. The Morgan fingerprint density at radius 3 is 1.27 bits per heavy atom. The van der Waals surface area contributed by atoms with E-state index in [9.17, 15) is 22.9 Å². The average molecular weight is 658 g/mol. The van der Waals surface area contributed by atoms with Crippen LogP contribution in [0.3, 0.4) is 0 Å². The number of unbranched alkanes of at least 4 members (excludes halogenated alkanes) is 27. The van der Waals surface area contributed by atoms with Gasteiger partial charge < -0.3 is 10.4 Å². The molecule has 0 fully saturated rings. The van der Waals surface area contributed by atoms with Crippen molar-refractivity contribution in [2.75, 3.05) is 5.75 Å². The van der Waals surface area contributed by atoms with Gasteiger partial charge in [0.15, 0.2) is 0 Å². The minimum Gasteiger partial charge on any atom is -0.387 e. The summed E-state index contributed by atoms with van der Waals surface area (Å²) < 4.78 is 32.3. The summed E-state index contributed by atoms with van der Waals surface area (Å²) in [6, 6.07) is -1.05. The average Bonchev–Trinajstić information content (AvgIpc) is 3.00. The van der Waals surface area contributed by atoms with Gasteiger partial charge >= 0.3 is 0 Å². The Balaban J connectivity index is 3.78. The van der Waals surface area contributed by atoms with E-state index in [1.165, 1.54) is 148 Å². The number of carbonyl (C=O) groups excluding carboxylic acids is 1. The molecule has 6 nitrogen and oxygen atoms in total. The zero-order valence-electron chi connectivity index (χ0n) is 29.8. The van der Waals surface area contributed by atoms with Gasteiger partial charge in [-0.25, -0.2) is 0 Å². The summed E-state index contributed by atoms with van der Waals surface area (Å²) in [5, 5.41) is 13.1. The first-order valence-corrected chi connectivity index (χ1v) is 21.0. The molecule has 0 radical (unpaired) electrons. The van der Waals surface area contributed by atoms with Crippen LogP contribution in [0.4, 0.5) is 0 Å². The third-order valence-electron chi connectivity index (χ3n) is 8.96. The number of hydrogen-bond donors (Lipinski definition) is 3. The SMILES string of the molecule is CCCCCCCCC/C=C/C(O)C(CS(=O)(=O)O)NC(=O)CCCCCCCCCCCCCCCCCCCCCCC. The number of amides is 1. The molecule has 0 aromatic heterocycles. The van der Waals surface area contributed by atoms with Gasteiger partial charge in [-0.3, -0.25) is 9.35 Å². The summed E-state index contributed by atoms with van der Waals surface area (Å²) in [6.45, 7) is 4.48. The molecular formula is C38H75NO5S. The zero-order valence-corrected chi connectivity index (χ0v) is 30.6. The summed E-state index contributed by atoms with van der Waals surface area (Å²) in [5.41, 5.74) is 0. The van der Waals surface area contributed by atoms with E-state index < -0.39 is 28.0 Å². The molecule has 0 rings (SSSR count). The van der Waals surface area contributed by atoms with Gasteiger partial charge in [0.25, 0.3) is 10.1 Å². The summed E-state index contributed by atoms with van der Waals surface area (Å²) in [7, 11) is -4.33. The van der Waals surface area contributed by atoms with Crippen molar-refractivity contribution < 1.29 is 22.9 Å². The number of aliphatic hydroxyl groups is 1. The predicted octanol–water partition coefficient (Wildman–Crippen LogP) is 11.0. The number of hydrogen-bond acceptors (Lipinski definition) is 4. The van der Waals surface area contributed by atoms with Crippen LogP contribution in [0.25, 0.3) is 0 Å². The highest BCUT2D eigenvalue weighted by molar-refractivity contribution is 7.85. The van der Waals surface area contributed by atoms with Crippen LogP contribution in [0.5, 0.6) is 0 Å². The fourth-order valence-electron chi connectivity index (χ4n) is 6.04. The zero-order chi connectivity index (χ0) is 33.3. The normalized spacial score (nSPS) is 13.4. The van der Waals surface area contributed by atoms with Gasteiger partial charge in [-0.05, 0) is 19.3 Å². The molecule has 3 N–H and O–H groups in total. The quantitative estimate of drug-likeness (QED) is 0.0357. The summed E-state index contributed by atoms with van der Waals surface area (Å²) in [5.74, 6) is -0.970. The first-order chi connectivity index (χ1) is 21.8. The summed E-state index contributed by atoms with van der Waals surface area (Å²) >= 11 is 0. The van der Waals surface area contributed by atoms with Crippen molar-refractivity contribution >= 4 is 16.0 Å². The van der Waals surface area contributed by atoms with Crippen molar-refractivity contribution in [2.45, 2.75) is 219 Å². The second-order valence-electron chi connectivity index (χ2n) is 13.6. The van der Waals surface area contributed by atoms with E-state index in [1.807, 2.05) is 6.08 Å². The van der Waals surface area contributed by atoms with Crippen LogP contribution in [0.2, 0.25) is 0 Å². The van der Waals surface area contributed by atoms with Crippen molar-refractivity contribution in [2.24, 2.45) is 0 Å². The smallest absolute Gasteiger partial charge is 0.267 e. The summed E-state index contributed by atoms with van der Waals surface area (Å²) in [6.07, 6.45) is 39.3. The molecule has 0 spiro atoms. The highest BCUT2D eigenvalue weighted by atomic mass is 32.2. The Morgan fingerprint density at radius 1 is 0.578 bits per heavy atom. The van der Waals surface area contributed by atoms with Crippen LogP contribution in [0, 0.1) is 0 Å². The maximum absolute atomic E-state index is 12.4. The van der Waals surface area contributed by atoms with Crippen molar-refractivity contribution in [3.8, 4) is 0 Å². The highest BCUT2D eigenvalue weighted by Crippen LogP contribution is 2.16. The second-order valence-corrected chi connectivity index (χ2v) is 15.1. The molecule has 268 valence electrons. The molecule has 0 aromatic carbocycles. The van der Waals surface area contributed by atoms with Gasteiger partial charge in [0.05, 0.1) is 17.9 Å². The molecule has 45 heavy (non-hydrogen) atoms. The van der Waals surface area contributed by atoms with Crippen LogP contribution in [0.1, 0.15) is 206 Å². The third kappa shape index (κ3) is 34.2. The van der Waals surface area contributed by atoms with Crippen LogP contribution in [-0.4, -0.2) is 41.9 Å². The maximum Gasteiger partial charge on any atom is 0.267 e. The van der Waals surface area contributed by atoms with E-state index in [2.05, 4.69) is 19.2 Å². The minimum atomic E-state index is -4.33. The molecule has 0 bridgehead atoms. The molecule has 0 aliphatic carbocycles. The minimum absolute atomic E-state index is 0.277. The van der Waals surface area contributed by atoms with Crippen LogP contribution < -0.4 is 5.32 Å². The number of aliphatic hydroxyl groups excluding tert-OH is 1. The van der Waals surface area contributed by atoms with Gasteiger partial charge in [-0.1, -0.05) is 193 Å². The van der Waals surface area contributed by atoms with E-state index in [4.69, 9.17) is 0 Å². The first-order valence-electron chi connectivity index (χ1n) is 19.4. The van der Waals surface area contributed by atoms with E-state index in [1.54, 1.807) is 6.08 Å². The molecule has 7 heteroatoms. The number of rotatable bonds is 35. The van der Waals surface area contributed by atoms with Crippen LogP contribution >= 0.6 is 0 Å². The van der Waals surface area contributed by atoms with Crippen molar-refractivity contribution in [1.82, 2.24) is 5.32 Å². The molecule has 0 aromatic rings. The molecule has 0 saturated heterocycles. The fraction of sp³-hybridized carbons (Fsp3) is 0.921. The lowest BCUT2D eigenvalue weighted by Gasteiger charge is -2.21. The van der Waals surface area contributed by atoms with Crippen LogP contribution in [0.15, 0.2) is 12.2 Å². The lowest BCUT2D eigenvalue weighted by atomic mass is 10.0. The molecule has 2 unspecified atom stereocenters. The lowest BCUT2D eigenvalue weighted by Crippen LogP contribution is -2.46. The largest absolute Gasteiger partial charge is 0.387 e. The van der Waals surface area contributed by atoms with Crippen LogP contribution in [-0.2, 0) is 14.9 Å². The highest BCUT2D eigenvalue weighted by Gasteiger charge is 2.24. The van der Waals surface area contributed by atoms with Gasteiger partial charge in [-0.15, -0.1) is 0 Å². The maximum atomic E-state index is 12.4. The number of nitrogens with one attached hydrogen (secondary N) is 1.